The summed E-state index contributed by atoms with van der Waals surface area (Å²) in [7, 11) is -3.94. The first-order valence-electron chi connectivity index (χ1n) is 18.1. The number of likely N-dealkylation sites (tertiary alicyclic amines) is 1. The van der Waals surface area contributed by atoms with Gasteiger partial charge in [-0.1, -0.05) is 0 Å². The van der Waals surface area contributed by atoms with Crippen molar-refractivity contribution in [2.75, 3.05) is 57.3 Å². The lowest BCUT2D eigenvalue weighted by Gasteiger charge is -2.54. The number of nitrogens with one attached hydrogen (secondary N) is 1. The summed E-state index contributed by atoms with van der Waals surface area (Å²) in [5.41, 5.74) is 0.304. The third-order valence-corrected chi connectivity index (χ3v) is 12.8. The Morgan fingerprint density at radius 2 is 1.78 bits per heavy atom. The first-order valence-corrected chi connectivity index (χ1v) is 19.5. The highest BCUT2D eigenvalue weighted by atomic mass is 32.2. The van der Waals surface area contributed by atoms with Gasteiger partial charge in [0.05, 0.1) is 17.7 Å². The van der Waals surface area contributed by atoms with Crippen LogP contribution in [0.4, 0.5) is 23.4 Å². The van der Waals surface area contributed by atoms with Crippen molar-refractivity contribution in [2.24, 2.45) is 17.3 Å². The second kappa shape index (κ2) is 15.1. The van der Waals surface area contributed by atoms with Crippen LogP contribution in [-0.2, 0) is 10.2 Å². The highest BCUT2D eigenvalue weighted by molar-refractivity contribution is 7.87. The molecule has 2 aromatic rings. The number of aromatic nitrogens is 2. The number of ether oxygens (including phenoxy) is 1. The van der Waals surface area contributed by atoms with Crippen LogP contribution in [-0.4, -0.2) is 109 Å². The number of alkyl halides is 3. The van der Waals surface area contributed by atoms with Crippen molar-refractivity contribution in [3.05, 3.63) is 42.1 Å². The largest absolute Gasteiger partial charge is 0.451 e. The maximum atomic E-state index is 14.3. The second-order valence-corrected chi connectivity index (χ2v) is 16.7. The van der Waals surface area contributed by atoms with Gasteiger partial charge in [-0.25, -0.2) is 14.4 Å². The molecule has 6 rings (SSSR count). The number of benzene rings is 1. The summed E-state index contributed by atoms with van der Waals surface area (Å²) in [4.78, 5) is 28.3. The van der Waals surface area contributed by atoms with Gasteiger partial charge in [0.1, 0.15) is 17.9 Å². The molecule has 4 heterocycles. The Balaban J connectivity index is 0.974. The first-order chi connectivity index (χ1) is 24.2. The van der Waals surface area contributed by atoms with Gasteiger partial charge in [-0.05, 0) is 103 Å². The van der Waals surface area contributed by atoms with E-state index >= 15 is 0 Å². The van der Waals surface area contributed by atoms with E-state index in [0.717, 1.165) is 62.7 Å². The zero-order chi connectivity index (χ0) is 36.6. The molecule has 1 aromatic carbocycles. The number of carbonyl (C=O) groups excluding carboxylic acids is 1. The molecule has 4 aliphatic rings. The van der Waals surface area contributed by atoms with Crippen molar-refractivity contribution in [3.63, 3.8) is 0 Å². The molecule has 1 spiro atoms. The van der Waals surface area contributed by atoms with E-state index in [1.807, 2.05) is 20.8 Å². The number of halogens is 4. The average Bonchev–Trinajstić information content (AvgIpc) is 3.59. The van der Waals surface area contributed by atoms with E-state index in [1.54, 1.807) is 11.1 Å². The highest BCUT2D eigenvalue weighted by Gasteiger charge is 2.48. The molecule has 1 N–H and O–H groups in total. The van der Waals surface area contributed by atoms with Gasteiger partial charge in [0, 0.05) is 56.8 Å². The van der Waals surface area contributed by atoms with E-state index in [9.17, 15) is 30.8 Å². The molecule has 1 atom stereocenters. The fourth-order valence-electron chi connectivity index (χ4n) is 8.16. The van der Waals surface area contributed by atoms with Crippen LogP contribution >= 0.6 is 0 Å². The zero-order valence-electron chi connectivity index (χ0n) is 29.5. The summed E-state index contributed by atoms with van der Waals surface area (Å²) < 4.78 is 88.9. The molecule has 0 bridgehead atoms. The van der Waals surface area contributed by atoms with Gasteiger partial charge < -0.3 is 19.4 Å². The van der Waals surface area contributed by atoms with E-state index < -0.39 is 34.7 Å². The average molecular weight is 740 g/mol. The molecular formula is C35H49F4N7O4S. The van der Waals surface area contributed by atoms with E-state index in [4.69, 9.17) is 4.74 Å². The minimum absolute atomic E-state index is 0.0654. The molecule has 51 heavy (non-hydrogen) atoms. The summed E-state index contributed by atoms with van der Waals surface area (Å²) in [6.07, 6.45) is 3.65. The third-order valence-electron chi connectivity index (χ3n) is 11.2. The number of hydrogen-bond donors (Lipinski definition) is 1. The van der Waals surface area contributed by atoms with Gasteiger partial charge in [-0.15, -0.1) is 0 Å². The Morgan fingerprint density at radius 3 is 2.41 bits per heavy atom. The summed E-state index contributed by atoms with van der Waals surface area (Å²) in [5.74, 6) is -0.693. The van der Waals surface area contributed by atoms with E-state index in [1.165, 1.54) is 24.5 Å². The molecule has 1 aromatic heterocycles. The second-order valence-electron chi connectivity index (χ2n) is 15.0. The van der Waals surface area contributed by atoms with Gasteiger partial charge in [0.25, 0.3) is 16.1 Å². The summed E-state index contributed by atoms with van der Waals surface area (Å²) >= 11 is 0. The van der Waals surface area contributed by atoms with Crippen LogP contribution in [0.5, 0.6) is 11.5 Å². The zero-order valence-corrected chi connectivity index (χ0v) is 30.4. The van der Waals surface area contributed by atoms with Crippen molar-refractivity contribution in [1.29, 1.82) is 0 Å². The Kier molecular flexibility index (Phi) is 11.2. The van der Waals surface area contributed by atoms with Crippen molar-refractivity contribution < 1.29 is 35.5 Å². The Labute approximate surface area is 297 Å². The molecule has 1 amide bonds. The molecule has 16 heteroatoms. The fraction of sp³-hybridized carbons (Fsp3) is 0.686. The van der Waals surface area contributed by atoms with Crippen LogP contribution in [0.15, 0.2) is 30.7 Å². The number of amides is 1. The maximum Gasteiger partial charge on any atom is 0.393 e. The molecule has 1 unspecified atom stereocenters. The lowest BCUT2D eigenvalue weighted by molar-refractivity contribution is -0.169. The van der Waals surface area contributed by atoms with Gasteiger partial charge in [-0.3, -0.25) is 4.79 Å². The molecular weight excluding hydrogens is 690 g/mol. The van der Waals surface area contributed by atoms with Crippen LogP contribution in [0.25, 0.3) is 0 Å². The van der Waals surface area contributed by atoms with E-state index in [-0.39, 0.29) is 47.7 Å². The predicted octanol–water partition coefficient (Wildman–Crippen LogP) is 5.46. The highest BCUT2D eigenvalue weighted by Crippen LogP contribution is 2.45. The molecule has 4 fully saturated rings. The van der Waals surface area contributed by atoms with Gasteiger partial charge in [-0.2, -0.15) is 30.6 Å². The number of rotatable bonds is 11. The Morgan fingerprint density at radius 1 is 1.08 bits per heavy atom. The van der Waals surface area contributed by atoms with Gasteiger partial charge >= 0.3 is 6.18 Å². The van der Waals surface area contributed by atoms with Crippen LogP contribution in [0.3, 0.4) is 0 Å². The number of piperidine rings is 1. The van der Waals surface area contributed by atoms with Crippen molar-refractivity contribution >= 4 is 21.9 Å². The van der Waals surface area contributed by atoms with Crippen molar-refractivity contribution in [1.82, 2.24) is 28.8 Å². The number of carbonyl (C=O) groups is 1. The smallest absolute Gasteiger partial charge is 0.393 e. The van der Waals surface area contributed by atoms with Crippen LogP contribution < -0.4 is 14.4 Å². The van der Waals surface area contributed by atoms with Crippen LogP contribution in [0.1, 0.15) is 76.1 Å². The molecule has 282 valence electrons. The monoisotopic (exact) mass is 739 g/mol. The van der Waals surface area contributed by atoms with Crippen molar-refractivity contribution in [2.45, 2.75) is 84.0 Å². The molecule has 1 saturated carbocycles. The van der Waals surface area contributed by atoms with Crippen LogP contribution in [0, 0.1) is 23.1 Å². The molecule has 3 saturated heterocycles. The Hall–Kier alpha value is -3.08. The topological polar surface area (TPSA) is 111 Å². The first kappa shape index (κ1) is 37.7. The maximum absolute atomic E-state index is 14.3. The van der Waals surface area contributed by atoms with Crippen LogP contribution in [0.2, 0.25) is 0 Å². The van der Waals surface area contributed by atoms with E-state index in [0.29, 0.717) is 36.9 Å². The van der Waals surface area contributed by atoms with Crippen molar-refractivity contribution in [3.8, 4) is 11.5 Å². The quantitative estimate of drug-likeness (QED) is 0.303. The molecule has 11 nitrogen and oxygen atoms in total. The van der Waals surface area contributed by atoms with E-state index in [2.05, 4.69) is 24.5 Å². The minimum Gasteiger partial charge on any atom is -0.451 e. The normalized spacial score (nSPS) is 24.5. The summed E-state index contributed by atoms with van der Waals surface area (Å²) in [5, 5.41) is 0. The fourth-order valence-corrected chi connectivity index (χ4v) is 9.69. The molecule has 1 aliphatic carbocycles. The third kappa shape index (κ3) is 8.60. The lowest BCUT2D eigenvalue weighted by atomic mass is 9.71. The predicted molar refractivity (Wildman–Crippen MR) is 184 cm³/mol. The lowest BCUT2D eigenvalue weighted by Crippen LogP contribution is -2.61. The standard InChI is InChI=1S/C35H49F4N7O4S/c1-4-46(24(2)3)33(47)29-17-27(36)7-10-30(29)50-31-18-40-23-41-32(31)44-21-34(22-44)12-15-43(16-13-34)19-25-5-8-28(9-6-25)42-51(48,49)45-14-11-26(20-45)35(37,38)39/h7,10,17-18,23-26,28,42H,4-6,8-9,11-16,19-22H2,1-3H3. The minimum atomic E-state index is -4.38. The molecule has 0 radical (unpaired) electrons. The number of hydrogen-bond acceptors (Lipinski definition) is 8. The van der Waals surface area contributed by atoms with Gasteiger partial charge in [0.15, 0.2) is 11.6 Å². The summed E-state index contributed by atoms with van der Waals surface area (Å²) in [6.45, 7) is 10.1. The van der Waals surface area contributed by atoms with Gasteiger partial charge in [0.2, 0.25) is 0 Å². The summed E-state index contributed by atoms with van der Waals surface area (Å²) in [6, 6.07) is 3.63. The SMILES string of the molecule is CCN(C(=O)c1cc(F)ccc1Oc1cncnc1N1CC2(CCN(CC3CCC(NS(=O)(=O)N4CCC(C(F)(F)F)C4)CC3)CC2)C1)C(C)C. The Bertz CT molecular complexity index is 1640. The molecule has 3 aliphatic heterocycles. The number of nitrogens with zero attached hydrogens (tertiary/aromatic N) is 6. The number of anilines is 1.